The zero-order valence-corrected chi connectivity index (χ0v) is 23.0. The normalized spacial score (nSPS) is 12.2. The molecule has 0 saturated heterocycles. The van der Waals surface area contributed by atoms with Gasteiger partial charge in [0.05, 0.1) is 28.2 Å². The molecule has 43 heavy (non-hydrogen) atoms. The number of rotatable bonds is 7. The van der Waals surface area contributed by atoms with Gasteiger partial charge in [0.2, 0.25) is 0 Å². The van der Waals surface area contributed by atoms with E-state index in [4.69, 9.17) is 5.26 Å². The summed E-state index contributed by atoms with van der Waals surface area (Å²) in [6, 6.07) is 18.0. The number of hydrogen-bond acceptors (Lipinski definition) is 7. The summed E-state index contributed by atoms with van der Waals surface area (Å²) in [5, 5.41) is 20.9. The van der Waals surface area contributed by atoms with Gasteiger partial charge in [0.1, 0.15) is 17.5 Å². The lowest BCUT2D eigenvalue weighted by Crippen LogP contribution is -2.16. The van der Waals surface area contributed by atoms with Crippen molar-refractivity contribution in [2.45, 2.75) is 17.2 Å². The number of alkyl halides is 5. The summed E-state index contributed by atoms with van der Waals surface area (Å²) in [4.78, 5) is 0.0771. The van der Waals surface area contributed by atoms with Gasteiger partial charge in [-0.15, -0.1) is 18.3 Å². The standard InChI is InChI=1S/C28H19F5N6O3S/c1-38-23(14-26(36-38)27(29,30)16-34)22-11-8-19(18-4-3-5-21(12-18)43(2,40)41)13-24(22)39-25(15-35-37-39)17-6-9-20(10-7-17)42-28(31,32)33/h3-15H,1-2H3. The first kappa shape index (κ1) is 29.4. The van der Waals surface area contributed by atoms with Crippen LogP contribution in [-0.4, -0.2) is 45.8 Å². The van der Waals surface area contributed by atoms with Gasteiger partial charge in [0.15, 0.2) is 9.84 Å². The van der Waals surface area contributed by atoms with Crippen LogP contribution in [0.5, 0.6) is 5.75 Å². The Balaban J connectivity index is 1.69. The fraction of sp³-hybridized carbons (Fsp3) is 0.143. The Morgan fingerprint density at radius 3 is 2.21 bits per heavy atom. The topological polar surface area (TPSA) is 116 Å². The third-order valence-electron chi connectivity index (χ3n) is 6.37. The summed E-state index contributed by atoms with van der Waals surface area (Å²) >= 11 is 0. The summed E-state index contributed by atoms with van der Waals surface area (Å²) < 4.78 is 97.2. The molecule has 220 valence electrons. The monoisotopic (exact) mass is 614 g/mol. The summed E-state index contributed by atoms with van der Waals surface area (Å²) in [6.45, 7) is 0. The summed E-state index contributed by atoms with van der Waals surface area (Å²) in [6.07, 6.45) is -2.44. The Kier molecular flexibility index (Phi) is 7.26. The largest absolute Gasteiger partial charge is 0.573 e. The van der Waals surface area contributed by atoms with Gasteiger partial charge in [-0.1, -0.05) is 29.5 Å². The maximum absolute atomic E-state index is 14.2. The molecule has 5 rings (SSSR count). The highest BCUT2D eigenvalue weighted by Crippen LogP contribution is 2.37. The molecule has 2 heterocycles. The van der Waals surface area contributed by atoms with E-state index in [1.165, 1.54) is 46.9 Å². The predicted molar refractivity (Wildman–Crippen MR) is 144 cm³/mol. The van der Waals surface area contributed by atoms with Crippen LogP contribution in [0.1, 0.15) is 5.69 Å². The second kappa shape index (κ2) is 10.6. The average molecular weight is 615 g/mol. The summed E-state index contributed by atoms with van der Waals surface area (Å²) in [5.74, 6) is -4.30. The molecule has 0 unspecified atom stereocenters. The number of sulfone groups is 1. The maximum Gasteiger partial charge on any atom is 0.573 e. The van der Waals surface area contributed by atoms with Gasteiger partial charge < -0.3 is 4.74 Å². The predicted octanol–water partition coefficient (Wildman–Crippen LogP) is 5.92. The Labute approximate surface area is 241 Å². The van der Waals surface area contributed by atoms with E-state index < -0.39 is 33.6 Å². The van der Waals surface area contributed by atoms with Gasteiger partial charge in [-0.3, -0.25) is 4.68 Å². The smallest absolute Gasteiger partial charge is 0.406 e. The molecule has 0 radical (unpaired) electrons. The second-order valence-corrected chi connectivity index (χ2v) is 11.4. The zero-order chi connectivity index (χ0) is 31.2. The highest BCUT2D eigenvalue weighted by atomic mass is 32.2. The fourth-order valence-corrected chi connectivity index (χ4v) is 5.04. The van der Waals surface area contributed by atoms with Crippen molar-refractivity contribution < 1.29 is 35.1 Å². The molecule has 15 heteroatoms. The van der Waals surface area contributed by atoms with Crippen molar-refractivity contribution in [2.75, 3.05) is 6.26 Å². The quantitative estimate of drug-likeness (QED) is 0.209. The van der Waals surface area contributed by atoms with E-state index in [0.29, 0.717) is 33.6 Å². The average Bonchev–Trinajstić information content (AvgIpc) is 3.59. The molecule has 0 aliphatic rings. The van der Waals surface area contributed by atoms with E-state index >= 15 is 0 Å². The number of nitrogens with zero attached hydrogens (tertiary/aromatic N) is 6. The second-order valence-electron chi connectivity index (χ2n) is 9.36. The number of aromatic nitrogens is 5. The first-order valence-corrected chi connectivity index (χ1v) is 14.1. The van der Waals surface area contributed by atoms with Crippen molar-refractivity contribution in [3.63, 3.8) is 0 Å². The van der Waals surface area contributed by atoms with Crippen LogP contribution in [0.3, 0.4) is 0 Å². The lowest BCUT2D eigenvalue weighted by molar-refractivity contribution is -0.274. The molecule has 5 aromatic rings. The lowest BCUT2D eigenvalue weighted by atomic mass is 10.00. The van der Waals surface area contributed by atoms with Crippen molar-refractivity contribution in [1.82, 2.24) is 24.8 Å². The van der Waals surface area contributed by atoms with Crippen LogP contribution >= 0.6 is 0 Å². The van der Waals surface area contributed by atoms with Crippen molar-refractivity contribution in [2.24, 2.45) is 7.05 Å². The summed E-state index contributed by atoms with van der Waals surface area (Å²) in [7, 11) is -2.11. The van der Waals surface area contributed by atoms with E-state index in [9.17, 15) is 30.4 Å². The third-order valence-corrected chi connectivity index (χ3v) is 7.48. The van der Waals surface area contributed by atoms with Crippen LogP contribution in [0.2, 0.25) is 0 Å². The maximum atomic E-state index is 14.2. The third kappa shape index (κ3) is 6.09. The van der Waals surface area contributed by atoms with E-state index in [0.717, 1.165) is 30.5 Å². The molecule has 0 atom stereocenters. The van der Waals surface area contributed by atoms with Gasteiger partial charge >= 0.3 is 12.3 Å². The molecule has 0 fully saturated rings. The molecule has 0 saturated carbocycles. The first-order chi connectivity index (χ1) is 20.2. The van der Waals surface area contributed by atoms with Gasteiger partial charge in [-0.25, -0.2) is 13.1 Å². The molecule has 9 nitrogen and oxygen atoms in total. The molecular formula is C28H19F5N6O3S. The van der Waals surface area contributed by atoms with Crippen molar-refractivity contribution in [3.05, 3.63) is 84.7 Å². The number of nitriles is 1. The van der Waals surface area contributed by atoms with Crippen molar-refractivity contribution >= 4 is 9.84 Å². The number of aryl methyl sites for hydroxylation is 1. The van der Waals surface area contributed by atoms with Gasteiger partial charge in [0.25, 0.3) is 0 Å². The Morgan fingerprint density at radius 2 is 1.56 bits per heavy atom. The van der Waals surface area contributed by atoms with Crippen LogP contribution in [0.15, 0.2) is 83.9 Å². The van der Waals surface area contributed by atoms with Gasteiger partial charge in [-0.2, -0.15) is 19.1 Å². The highest BCUT2D eigenvalue weighted by molar-refractivity contribution is 7.90. The van der Waals surface area contributed by atoms with Crippen LogP contribution in [0.25, 0.3) is 39.3 Å². The molecule has 0 amide bonds. The minimum absolute atomic E-state index is 0.0771. The fourth-order valence-electron chi connectivity index (χ4n) is 4.38. The first-order valence-electron chi connectivity index (χ1n) is 12.2. The number of benzene rings is 3. The molecular weight excluding hydrogens is 595 g/mol. The van der Waals surface area contributed by atoms with Gasteiger partial charge in [0, 0.05) is 24.4 Å². The number of hydrogen-bond donors (Lipinski definition) is 0. The Hall–Kier alpha value is -5.10. The summed E-state index contributed by atoms with van der Waals surface area (Å²) in [5.41, 5.74) is 1.82. The molecule has 0 bridgehead atoms. The highest BCUT2D eigenvalue weighted by Gasteiger charge is 2.35. The van der Waals surface area contributed by atoms with Crippen molar-refractivity contribution in [3.8, 4) is 51.1 Å². The van der Waals surface area contributed by atoms with E-state index in [1.54, 1.807) is 30.3 Å². The zero-order valence-electron chi connectivity index (χ0n) is 22.2. The van der Waals surface area contributed by atoms with Crippen LogP contribution in [0.4, 0.5) is 22.0 Å². The minimum Gasteiger partial charge on any atom is -0.406 e. The van der Waals surface area contributed by atoms with Gasteiger partial charge in [-0.05, 0) is 59.7 Å². The van der Waals surface area contributed by atoms with Crippen LogP contribution < -0.4 is 4.74 Å². The molecule has 0 aliphatic heterocycles. The lowest BCUT2D eigenvalue weighted by Gasteiger charge is -2.15. The van der Waals surface area contributed by atoms with Crippen molar-refractivity contribution in [1.29, 1.82) is 5.26 Å². The van der Waals surface area contributed by atoms with Crippen LogP contribution in [-0.2, 0) is 22.8 Å². The molecule has 0 aliphatic carbocycles. The van der Waals surface area contributed by atoms with E-state index in [1.807, 2.05) is 0 Å². The van der Waals surface area contributed by atoms with E-state index in [-0.39, 0.29) is 10.6 Å². The molecule has 2 aromatic heterocycles. The minimum atomic E-state index is -4.88. The SMILES string of the molecule is Cn1nc(C(F)(F)C#N)cc1-c1ccc(-c2cccc(S(C)(=O)=O)c2)cc1-n1nncc1-c1ccc(OC(F)(F)F)cc1. The Bertz CT molecular complexity index is 1980. The van der Waals surface area contributed by atoms with Crippen LogP contribution in [0, 0.1) is 11.3 Å². The molecule has 0 N–H and O–H groups in total. The molecule has 0 spiro atoms. The molecule has 3 aromatic carbocycles. The number of ether oxygens (including phenoxy) is 1. The Morgan fingerprint density at radius 1 is 0.884 bits per heavy atom. The number of halogens is 5. The van der Waals surface area contributed by atoms with E-state index in [2.05, 4.69) is 20.1 Å².